The van der Waals surface area contributed by atoms with Crippen LogP contribution in [-0.2, 0) is 24.0 Å². The van der Waals surface area contributed by atoms with Crippen LogP contribution >= 0.6 is 25.3 Å². The van der Waals surface area contributed by atoms with E-state index in [1.54, 1.807) is 13.8 Å². The molecular weight excluding hydrogens is 410 g/mol. The first-order chi connectivity index (χ1) is 12.9. The van der Waals surface area contributed by atoms with Gasteiger partial charge in [-0.1, -0.05) is 13.8 Å². The van der Waals surface area contributed by atoms with E-state index < -0.39 is 66.1 Å². The summed E-state index contributed by atoms with van der Waals surface area (Å²) in [5.74, 6) is -5.02. The normalized spacial score (nSPS) is 15.1. The van der Waals surface area contributed by atoms with E-state index >= 15 is 0 Å². The second-order valence-corrected chi connectivity index (χ2v) is 7.06. The Balaban J connectivity index is 5.32. The van der Waals surface area contributed by atoms with E-state index in [0.29, 0.717) is 0 Å². The number of primary amides is 1. The summed E-state index contributed by atoms with van der Waals surface area (Å²) < 4.78 is 0. The maximum atomic E-state index is 12.5. The standard InChI is InChI=1S/C15H27N5O6S2/c1-6(2)11(14(24)19-9(5-28)15(25)26)20-13(23)8(3-10(17)21)18-12(22)7(16)4-27/h6-9,11,27-28H,3-5,16H2,1-2H3,(H2,17,21)(H,18,22)(H,19,24)(H,20,23)(H,25,26). The van der Waals surface area contributed by atoms with Crippen LogP contribution in [0.15, 0.2) is 0 Å². The number of carbonyl (C=O) groups is 5. The zero-order valence-electron chi connectivity index (χ0n) is 15.5. The lowest BCUT2D eigenvalue weighted by Gasteiger charge is -2.26. The van der Waals surface area contributed by atoms with Crippen LogP contribution in [0.2, 0.25) is 0 Å². The van der Waals surface area contributed by atoms with Crippen molar-refractivity contribution in [2.45, 2.75) is 44.4 Å². The fourth-order valence-corrected chi connectivity index (χ4v) is 2.42. The molecule has 0 rings (SSSR count). The van der Waals surface area contributed by atoms with Crippen molar-refractivity contribution in [3.8, 4) is 0 Å². The maximum absolute atomic E-state index is 12.5. The van der Waals surface area contributed by atoms with Crippen LogP contribution in [0.25, 0.3) is 0 Å². The third-order valence-corrected chi connectivity index (χ3v) is 4.37. The minimum atomic E-state index is -1.36. The van der Waals surface area contributed by atoms with Crippen molar-refractivity contribution < 1.29 is 29.1 Å². The van der Waals surface area contributed by atoms with E-state index in [0.717, 1.165) is 0 Å². The molecular formula is C15H27N5O6S2. The number of nitrogens with one attached hydrogen (secondary N) is 3. The Hall–Kier alpha value is -1.99. The van der Waals surface area contributed by atoms with E-state index in [9.17, 15) is 24.0 Å². The summed E-state index contributed by atoms with van der Waals surface area (Å²) in [6, 6.07) is -4.74. The van der Waals surface area contributed by atoms with Crippen molar-refractivity contribution in [3.63, 3.8) is 0 Å². The molecule has 160 valence electrons. The van der Waals surface area contributed by atoms with Gasteiger partial charge in [0.1, 0.15) is 18.1 Å². The Bertz CT molecular complexity index is 603. The summed E-state index contributed by atoms with van der Waals surface area (Å²) in [6.45, 7) is 3.25. The third-order valence-electron chi connectivity index (χ3n) is 3.62. The fraction of sp³-hybridized carbons (Fsp3) is 0.667. The van der Waals surface area contributed by atoms with Gasteiger partial charge in [-0.3, -0.25) is 19.2 Å². The Morgan fingerprint density at radius 2 is 1.43 bits per heavy atom. The Morgan fingerprint density at radius 1 is 0.893 bits per heavy atom. The van der Waals surface area contributed by atoms with Gasteiger partial charge in [-0.05, 0) is 5.92 Å². The van der Waals surface area contributed by atoms with Crippen molar-refractivity contribution in [2.75, 3.05) is 11.5 Å². The zero-order valence-corrected chi connectivity index (χ0v) is 17.3. The summed E-state index contributed by atoms with van der Waals surface area (Å²) >= 11 is 7.74. The van der Waals surface area contributed by atoms with Crippen LogP contribution in [0.3, 0.4) is 0 Å². The van der Waals surface area contributed by atoms with Gasteiger partial charge in [0, 0.05) is 11.5 Å². The molecule has 0 heterocycles. The van der Waals surface area contributed by atoms with Crippen molar-refractivity contribution >= 4 is 54.9 Å². The molecule has 4 amide bonds. The van der Waals surface area contributed by atoms with Gasteiger partial charge in [-0.25, -0.2) is 4.79 Å². The molecule has 0 saturated heterocycles. The highest BCUT2D eigenvalue weighted by Crippen LogP contribution is 2.05. The SMILES string of the molecule is CC(C)C(NC(=O)C(CC(N)=O)NC(=O)C(N)CS)C(=O)NC(CS)C(=O)O. The lowest BCUT2D eigenvalue weighted by Crippen LogP contribution is -2.59. The predicted octanol–water partition coefficient (Wildman–Crippen LogP) is -2.76. The number of nitrogens with two attached hydrogens (primary N) is 2. The van der Waals surface area contributed by atoms with E-state index in [1.807, 2.05) is 0 Å². The highest BCUT2D eigenvalue weighted by atomic mass is 32.1. The largest absolute Gasteiger partial charge is 0.480 e. The van der Waals surface area contributed by atoms with E-state index in [2.05, 4.69) is 41.2 Å². The average Bonchev–Trinajstić information content (AvgIpc) is 2.61. The quantitative estimate of drug-likeness (QED) is 0.151. The first-order valence-corrected chi connectivity index (χ1v) is 9.60. The van der Waals surface area contributed by atoms with Gasteiger partial charge in [-0.2, -0.15) is 25.3 Å². The van der Waals surface area contributed by atoms with Crippen LogP contribution in [-0.4, -0.2) is 70.4 Å². The van der Waals surface area contributed by atoms with Crippen LogP contribution in [0.5, 0.6) is 0 Å². The monoisotopic (exact) mass is 437 g/mol. The van der Waals surface area contributed by atoms with E-state index in [4.69, 9.17) is 16.6 Å². The molecule has 0 fully saturated rings. The summed E-state index contributed by atoms with van der Waals surface area (Å²) in [6.07, 6.45) is -0.516. The topological polar surface area (TPSA) is 194 Å². The van der Waals surface area contributed by atoms with Gasteiger partial charge in [0.25, 0.3) is 0 Å². The molecule has 0 aromatic carbocycles. The van der Waals surface area contributed by atoms with Crippen LogP contribution in [0.1, 0.15) is 20.3 Å². The summed E-state index contributed by atoms with van der Waals surface area (Å²) in [7, 11) is 0. The lowest BCUT2D eigenvalue weighted by atomic mass is 10.0. The number of carboxylic acid groups (broad SMARTS) is 1. The number of amides is 4. The molecule has 0 aromatic heterocycles. The molecule has 0 radical (unpaired) electrons. The minimum Gasteiger partial charge on any atom is -0.480 e. The van der Waals surface area contributed by atoms with Crippen molar-refractivity contribution in [2.24, 2.45) is 17.4 Å². The number of thiol groups is 2. The first-order valence-electron chi connectivity index (χ1n) is 8.34. The van der Waals surface area contributed by atoms with Crippen LogP contribution in [0.4, 0.5) is 0 Å². The summed E-state index contributed by atoms with van der Waals surface area (Å²) in [5, 5.41) is 16.0. The average molecular weight is 438 g/mol. The minimum absolute atomic E-state index is 0.00801. The molecule has 0 spiro atoms. The molecule has 0 aliphatic heterocycles. The van der Waals surface area contributed by atoms with E-state index in [-0.39, 0.29) is 11.5 Å². The molecule has 0 aromatic rings. The summed E-state index contributed by atoms with van der Waals surface area (Å²) in [4.78, 5) is 59.1. The Morgan fingerprint density at radius 3 is 1.82 bits per heavy atom. The molecule has 4 atom stereocenters. The number of hydrogen-bond donors (Lipinski definition) is 8. The number of carboxylic acids is 1. The maximum Gasteiger partial charge on any atom is 0.327 e. The van der Waals surface area contributed by atoms with Gasteiger partial charge < -0.3 is 32.5 Å². The van der Waals surface area contributed by atoms with Crippen LogP contribution < -0.4 is 27.4 Å². The number of rotatable bonds is 12. The highest BCUT2D eigenvalue weighted by Gasteiger charge is 2.32. The molecule has 28 heavy (non-hydrogen) atoms. The van der Waals surface area contributed by atoms with Crippen molar-refractivity contribution in [1.29, 1.82) is 0 Å². The third kappa shape index (κ3) is 8.80. The highest BCUT2D eigenvalue weighted by molar-refractivity contribution is 7.80. The molecule has 0 aliphatic rings. The van der Waals surface area contributed by atoms with Crippen LogP contribution in [0, 0.1) is 5.92 Å². The molecule has 0 saturated carbocycles. The molecule has 13 heteroatoms. The lowest BCUT2D eigenvalue weighted by molar-refractivity contribution is -0.142. The van der Waals surface area contributed by atoms with Crippen molar-refractivity contribution in [3.05, 3.63) is 0 Å². The van der Waals surface area contributed by atoms with Crippen molar-refractivity contribution in [1.82, 2.24) is 16.0 Å². The second-order valence-electron chi connectivity index (χ2n) is 6.33. The molecule has 8 N–H and O–H groups in total. The van der Waals surface area contributed by atoms with Gasteiger partial charge in [0.05, 0.1) is 12.5 Å². The first kappa shape index (κ1) is 26.0. The molecule has 4 unspecified atom stereocenters. The molecule has 0 bridgehead atoms. The number of aliphatic carboxylic acids is 1. The van der Waals surface area contributed by atoms with Gasteiger partial charge in [0.15, 0.2) is 0 Å². The molecule has 0 aliphatic carbocycles. The van der Waals surface area contributed by atoms with E-state index in [1.165, 1.54) is 0 Å². The van der Waals surface area contributed by atoms with Gasteiger partial charge in [0.2, 0.25) is 23.6 Å². The Labute approximate surface area is 173 Å². The number of hydrogen-bond acceptors (Lipinski definition) is 8. The fourth-order valence-electron chi connectivity index (χ4n) is 2.01. The second kappa shape index (κ2) is 12.5. The smallest absolute Gasteiger partial charge is 0.327 e. The van der Waals surface area contributed by atoms with Gasteiger partial charge >= 0.3 is 5.97 Å². The van der Waals surface area contributed by atoms with Gasteiger partial charge in [-0.15, -0.1) is 0 Å². The zero-order chi connectivity index (χ0) is 22.0. The molecule has 11 nitrogen and oxygen atoms in total. The Kier molecular flexibility index (Phi) is 11.6. The predicted molar refractivity (Wildman–Crippen MR) is 108 cm³/mol. The number of carbonyl (C=O) groups excluding carboxylic acids is 4. The summed E-state index contributed by atoms with van der Waals surface area (Å²) in [5.41, 5.74) is 10.6.